The summed E-state index contributed by atoms with van der Waals surface area (Å²) in [5, 5.41) is 10.1. The molecule has 27 heavy (non-hydrogen) atoms. The van der Waals surface area contributed by atoms with Crippen molar-refractivity contribution in [1.82, 2.24) is 0 Å². The van der Waals surface area contributed by atoms with E-state index in [9.17, 15) is 35.8 Å². The van der Waals surface area contributed by atoms with Gasteiger partial charge in [-0.25, -0.2) is 4.39 Å². The van der Waals surface area contributed by atoms with Crippen molar-refractivity contribution >= 4 is 12.4 Å². The van der Waals surface area contributed by atoms with Gasteiger partial charge in [-0.3, -0.25) is 0 Å². The number of nitrogens with two attached hydrogens (primary N) is 1. The summed E-state index contributed by atoms with van der Waals surface area (Å²) in [7, 11) is 0. The first-order valence-electron chi connectivity index (χ1n) is 7.36. The second-order valence-electron chi connectivity index (χ2n) is 5.70. The van der Waals surface area contributed by atoms with E-state index in [4.69, 9.17) is 5.73 Å². The van der Waals surface area contributed by atoms with Gasteiger partial charge in [-0.05, 0) is 17.7 Å². The molecule has 0 aliphatic heterocycles. The summed E-state index contributed by atoms with van der Waals surface area (Å²) in [6.45, 7) is 0. The van der Waals surface area contributed by atoms with Crippen LogP contribution in [-0.2, 0) is 18.8 Å². The largest absolute Gasteiger partial charge is 0.416 e. The number of aliphatic hydroxyl groups excluding tert-OH is 1. The Bertz CT molecular complexity index is 762. The van der Waals surface area contributed by atoms with Crippen LogP contribution in [0.4, 0.5) is 30.7 Å². The number of alkyl halides is 6. The Kier molecular flexibility index (Phi) is 7.26. The molecule has 10 heteroatoms. The first kappa shape index (κ1) is 23.2. The van der Waals surface area contributed by atoms with E-state index in [0.717, 1.165) is 0 Å². The lowest BCUT2D eigenvalue weighted by Gasteiger charge is -2.24. The summed E-state index contributed by atoms with van der Waals surface area (Å²) < 4.78 is 91.8. The Balaban J connectivity index is 0.00000364. The molecule has 0 amide bonds. The van der Waals surface area contributed by atoms with Crippen LogP contribution in [0.1, 0.15) is 28.3 Å². The van der Waals surface area contributed by atoms with E-state index in [1.54, 1.807) is 30.3 Å². The van der Waals surface area contributed by atoms with Crippen molar-refractivity contribution in [3.63, 3.8) is 0 Å². The van der Waals surface area contributed by atoms with Gasteiger partial charge in [-0.15, -0.1) is 12.4 Å². The molecule has 0 fully saturated rings. The van der Waals surface area contributed by atoms with Gasteiger partial charge in [0.15, 0.2) is 0 Å². The minimum absolute atomic E-state index is 0. The highest BCUT2D eigenvalue weighted by molar-refractivity contribution is 5.85. The minimum atomic E-state index is -5.28. The number of aliphatic hydroxyl groups is 1. The number of rotatable bonds is 4. The molecule has 0 radical (unpaired) electrons. The molecule has 0 bridgehead atoms. The Labute approximate surface area is 156 Å². The van der Waals surface area contributed by atoms with E-state index in [1.807, 2.05) is 0 Å². The van der Waals surface area contributed by atoms with Gasteiger partial charge in [0, 0.05) is 12.0 Å². The zero-order chi connectivity index (χ0) is 19.7. The quantitative estimate of drug-likeness (QED) is 0.696. The third kappa shape index (κ3) is 5.57. The normalized spacial score (nSPS) is 14.4. The molecule has 0 heterocycles. The zero-order valence-electron chi connectivity index (χ0n) is 13.5. The van der Waals surface area contributed by atoms with Gasteiger partial charge >= 0.3 is 12.4 Å². The molecule has 0 saturated heterocycles. The van der Waals surface area contributed by atoms with E-state index in [2.05, 4.69) is 0 Å². The third-order valence-electron chi connectivity index (χ3n) is 3.80. The third-order valence-corrected chi connectivity index (χ3v) is 3.80. The van der Waals surface area contributed by atoms with Gasteiger partial charge in [0.1, 0.15) is 5.82 Å². The molecule has 0 spiro atoms. The lowest BCUT2D eigenvalue weighted by Crippen LogP contribution is -2.31. The van der Waals surface area contributed by atoms with Crippen LogP contribution in [-0.4, -0.2) is 11.2 Å². The number of hydrogen-bond acceptors (Lipinski definition) is 2. The SMILES string of the molecule is Cl.N[C@@H](c1c(F)cc(C(F)(F)F)cc1C(F)(F)F)[C@H](O)Cc1ccccc1. The Morgan fingerprint density at radius 1 is 0.926 bits per heavy atom. The fourth-order valence-electron chi connectivity index (χ4n) is 2.53. The molecule has 2 aromatic carbocycles. The topological polar surface area (TPSA) is 46.2 Å². The van der Waals surface area contributed by atoms with Crippen LogP contribution in [0, 0.1) is 5.82 Å². The second kappa shape index (κ2) is 8.45. The van der Waals surface area contributed by atoms with Gasteiger partial charge in [0.05, 0.1) is 23.3 Å². The molecular formula is C17H15ClF7NO. The molecule has 0 aliphatic carbocycles. The molecule has 0 saturated carbocycles. The molecule has 150 valence electrons. The van der Waals surface area contributed by atoms with Gasteiger partial charge in [0.25, 0.3) is 0 Å². The molecule has 2 aromatic rings. The Morgan fingerprint density at radius 3 is 1.96 bits per heavy atom. The number of halogens is 8. The number of hydrogen-bond donors (Lipinski definition) is 2. The molecular weight excluding hydrogens is 403 g/mol. The second-order valence-corrected chi connectivity index (χ2v) is 5.70. The average Bonchev–Trinajstić information content (AvgIpc) is 2.52. The highest BCUT2D eigenvalue weighted by atomic mass is 35.5. The smallest absolute Gasteiger partial charge is 0.391 e. The predicted molar refractivity (Wildman–Crippen MR) is 86.7 cm³/mol. The van der Waals surface area contributed by atoms with Crippen LogP contribution in [0.2, 0.25) is 0 Å². The highest BCUT2D eigenvalue weighted by Crippen LogP contribution is 2.40. The summed E-state index contributed by atoms with van der Waals surface area (Å²) in [6, 6.07) is 5.93. The average molecular weight is 418 g/mol. The lowest BCUT2D eigenvalue weighted by molar-refractivity contribution is -0.144. The summed E-state index contributed by atoms with van der Waals surface area (Å²) in [5.74, 6) is -1.77. The van der Waals surface area contributed by atoms with Gasteiger partial charge in [-0.2, -0.15) is 26.3 Å². The van der Waals surface area contributed by atoms with E-state index in [0.29, 0.717) is 5.56 Å². The predicted octanol–water partition coefficient (Wildman–Crippen LogP) is 4.89. The maximum atomic E-state index is 14.1. The van der Waals surface area contributed by atoms with Gasteiger partial charge < -0.3 is 10.8 Å². The minimum Gasteiger partial charge on any atom is -0.391 e. The molecule has 0 aromatic heterocycles. The van der Waals surface area contributed by atoms with Crippen molar-refractivity contribution in [2.24, 2.45) is 5.73 Å². The molecule has 3 N–H and O–H groups in total. The maximum absolute atomic E-state index is 14.1. The number of benzene rings is 2. The van der Waals surface area contributed by atoms with Crippen molar-refractivity contribution in [3.05, 3.63) is 70.5 Å². The van der Waals surface area contributed by atoms with Gasteiger partial charge in [0.2, 0.25) is 0 Å². The van der Waals surface area contributed by atoms with Gasteiger partial charge in [-0.1, -0.05) is 30.3 Å². The van der Waals surface area contributed by atoms with E-state index in [-0.39, 0.29) is 31.0 Å². The fraction of sp³-hybridized carbons (Fsp3) is 0.294. The molecule has 0 aliphatic rings. The molecule has 2 nitrogen and oxygen atoms in total. The van der Waals surface area contributed by atoms with Crippen molar-refractivity contribution in [3.8, 4) is 0 Å². The summed E-state index contributed by atoms with van der Waals surface area (Å²) in [6.07, 6.45) is -12.3. The lowest BCUT2D eigenvalue weighted by atomic mass is 9.91. The van der Waals surface area contributed by atoms with Crippen molar-refractivity contribution in [1.29, 1.82) is 0 Å². The summed E-state index contributed by atoms with van der Waals surface area (Å²) in [5.41, 5.74) is 1.26. The van der Waals surface area contributed by atoms with Crippen LogP contribution in [0.3, 0.4) is 0 Å². The van der Waals surface area contributed by atoms with Crippen molar-refractivity contribution < 1.29 is 35.8 Å². The maximum Gasteiger partial charge on any atom is 0.416 e. The Morgan fingerprint density at radius 2 is 1.48 bits per heavy atom. The van der Waals surface area contributed by atoms with E-state index in [1.165, 1.54) is 0 Å². The summed E-state index contributed by atoms with van der Waals surface area (Å²) in [4.78, 5) is 0. The zero-order valence-corrected chi connectivity index (χ0v) is 14.3. The van der Waals surface area contributed by atoms with E-state index >= 15 is 0 Å². The van der Waals surface area contributed by atoms with Crippen LogP contribution in [0.5, 0.6) is 0 Å². The Hall–Kier alpha value is -1.84. The fourth-order valence-corrected chi connectivity index (χ4v) is 2.53. The molecule has 0 unspecified atom stereocenters. The van der Waals surface area contributed by atoms with Crippen molar-refractivity contribution in [2.45, 2.75) is 30.9 Å². The first-order valence-corrected chi connectivity index (χ1v) is 7.36. The molecule has 2 atom stereocenters. The standard InChI is InChI=1S/C17H14F7NO.ClH/c18-12-8-10(16(19,20)21)7-11(17(22,23)24)14(12)15(25)13(26)6-9-4-2-1-3-5-9;/h1-5,7-8,13,15,26H,6,25H2;1H/t13-,15-;/m1./s1. The summed E-state index contributed by atoms with van der Waals surface area (Å²) >= 11 is 0. The van der Waals surface area contributed by atoms with Crippen LogP contribution in [0.25, 0.3) is 0 Å². The first-order chi connectivity index (χ1) is 11.9. The monoisotopic (exact) mass is 417 g/mol. The van der Waals surface area contributed by atoms with Crippen LogP contribution >= 0.6 is 12.4 Å². The van der Waals surface area contributed by atoms with Crippen molar-refractivity contribution in [2.75, 3.05) is 0 Å². The van der Waals surface area contributed by atoms with Crippen LogP contribution < -0.4 is 5.73 Å². The van der Waals surface area contributed by atoms with Crippen LogP contribution in [0.15, 0.2) is 42.5 Å². The highest BCUT2D eigenvalue weighted by Gasteiger charge is 2.41. The van der Waals surface area contributed by atoms with E-state index < -0.39 is 47.0 Å². The molecule has 2 rings (SSSR count).